The number of likely N-dealkylation sites (N-methyl/N-ethyl adjacent to an activating group) is 1. The molecule has 34 heavy (non-hydrogen) atoms. The van der Waals surface area contributed by atoms with Crippen LogP contribution in [0.15, 0.2) is 42.0 Å². The molecular formula is C28H44N2O4. The van der Waals surface area contributed by atoms with Crippen LogP contribution in [0.1, 0.15) is 74.3 Å². The van der Waals surface area contributed by atoms with Gasteiger partial charge in [-0.15, -0.1) is 0 Å². The molecule has 0 spiro atoms. The van der Waals surface area contributed by atoms with E-state index in [4.69, 9.17) is 0 Å². The van der Waals surface area contributed by atoms with E-state index in [1.165, 1.54) is 6.92 Å². The molecule has 0 bridgehead atoms. The molecule has 190 valence electrons. The van der Waals surface area contributed by atoms with Gasteiger partial charge >= 0.3 is 5.97 Å². The molecule has 0 saturated heterocycles. The molecule has 6 heteroatoms. The molecule has 0 saturated carbocycles. The average Bonchev–Trinajstić information content (AvgIpc) is 2.74. The van der Waals surface area contributed by atoms with E-state index in [9.17, 15) is 19.5 Å². The van der Waals surface area contributed by atoms with Crippen molar-refractivity contribution in [3.8, 4) is 0 Å². The largest absolute Gasteiger partial charge is 0.478 e. The summed E-state index contributed by atoms with van der Waals surface area (Å²) in [7, 11) is 1.68. The third-order valence-electron chi connectivity index (χ3n) is 6.75. The number of rotatable bonds is 10. The first-order valence-electron chi connectivity index (χ1n) is 12.1. The molecule has 6 nitrogen and oxygen atoms in total. The smallest absolute Gasteiger partial charge is 0.331 e. The maximum atomic E-state index is 13.7. The van der Waals surface area contributed by atoms with Crippen LogP contribution in [-0.4, -0.2) is 46.9 Å². The van der Waals surface area contributed by atoms with E-state index in [-0.39, 0.29) is 29.2 Å². The number of carboxylic acid groups (broad SMARTS) is 1. The summed E-state index contributed by atoms with van der Waals surface area (Å²) >= 11 is 0. The van der Waals surface area contributed by atoms with Gasteiger partial charge in [-0.3, -0.25) is 9.59 Å². The van der Waals surface area contributed by atoms with Gasteiger partial charge in [0, 0.05) is 24.0 Å². The molecule has 0 aliphatic heterocycles. The highest BCUT2D eigenvalue weighted by atomic mass is 16.4. The summed E-state index contributed by atoms with van der Waals surface area (Å²) in [5.74, 6) is -1.73. The van der Waals surface area contributed by atoms with Crippen LogP contribution in [0.25, 0.3) is 0 Å². The Morgan fingerprint density at radius 1 is 1.06 bits per heavy atom. The third-order valence-corrected chi connectivity index (χ3v) is 6.75. The maximum Gasteiger partial charge on any atom is 0.331 e. The van der Waals surface area contributed by atoms with Crippen LogP contribution in [0.2, 0.25) is 0 Å². The molecule has 1 aromatic carbocycles. The molecule has 2 amide bonds. The van der Waals surface area contributed by atoms with Crippen LogP contribution in [0, 0.1) is 17.3 Å². The summed E-state index contributed by atoms with van der Waals surface area (Å²) < 4.78 is 0. The Balaban J connectivity index is 3.29. The van der Waals surface area contributed by atoms with Crippen molar-refractivity contribution in [1.29, 1.82) is 0 Å². The number of benzene rings is 1. The fraction of sp³-hybridized carbons (Fsp3) is 0.607. The summed E-state index contributed by atoms with van der Waals surface area (Å²) in [6.07, 6.45) is 2.24. The summed E-state index contributed by atoms with van der Waals surface area (Å²) in [5.41, 5.74) is 0.301. The molecule has 1 aromatic rings. The first kappa shape index (κ1) is 29.4. The topological polar surface area (TPSA) is 86.7 Å². The van der Waals surface area contributed by atoms with Gasteiger partial charge in [-0.25, -0.2) is 4.79 Å². The minimum Gasteiger partial charge on any atom is -0.478 e. The first-order chi connectivity index (χ1) is 15.5. The van der Waals surface area contributed by atoms with Crippen molar-refractivity contribution in [3.63, 3.8) is 0 Å². The number of carbonyl (C=O) groups excluding carboxylic acids is 2. The summed E-state index contributed by atoms with van der Waals surface area (Å²) in [4.78, 5) is 40.2. The lowest BCUT2D eigenvalue weighted by atomic mass is 9.71. The van der Waals surface area contributed by atoms with Gasteiger partial charge in [-0.05, 0) is 30.2 Å². The van der Waals surface area contributed by atoms with Crippen LogP contribution >= 0.6 is 0 Å². The van der Waals surface area contributed by atoms with E-state index in [2.05, 4.69) is 19.2 Å². The average molecular weight is 473 g/mol. The van der Waals surface area contributed by atoms with Gasteiger partial charge in [0.1, 0.15) is 6.04 Å². The monoisotopic (exact) mass is 472 g/mol. The van der Waals surface area contributed by atoms with Gasteiger partial charge in [-0.1, -0.05) is 91.8 Å². The van der Waals surface area contributed by atoms with E-state index < -0.39 is 28.9 Å². The van der Waals surface area contributed by atoms with Crippen molar-refractivity contribution in [2.45, 2.75) is 86.2 Å². The van der Waals surface area contributed by atoms with Crippen molar-refractivity contribution in [1.82, 2.24) is 10.2 Å². The molecule has 1 unspecified atom stereocenters. The molecule has 0 heterocycles. The van der Waals surface area contributed by atoms with Gasteiger partial charge in [0.25, 0.3) is 0 Å². The molecule has 0 aromatic heterocycles. The van der Waals surface area contributed by atoms with Crippen LogP contribution in [0.5, 0.6) is 0 Å². The Kier molecular flexibility index (Phi) is 10.1. The molecule has 0 radical (unpaired) electrons. The van der Waals surface area contributed by atoms with Crippen LogP contribution in [-0.2, 0) is 19.8 Å². The van der Waals surface area contributed by atoms with E-state index in [1.807, 2.05) is 71.9 Å². The van der Waals surface area contributed by atoms with E-state index in [0.29, 0.717) is 6.42 Å². The van der Waals surface area contributed by atoms with Gasteiger partial charge in [0.2, 0.25) is 11.8 Å². The Morgan fingerprint density at radius 3 is 2.00 bits per heavy atom. The highest BCUT2D eigenvalue weighted by molar-refractivity contribution is 5.90. The Labute approximate surface area is 205 Å². The normalized spacial score (nSPS) is 15.4. The first-order valence-corrected chi connectivity index (χ1v) is 12.1. The second-order valence-corrected chi connectivity index (χ2v) is 11.2. The van der Waals surface area contributed by atoms with Crippen LogP contribution < -0.4 is 5.32 Å². The minimum absolute atomic E-state index is 0.0000239. The van der Waals surface area contributed by atoms with Gasteiger partial charge in [-0.2, -0.15) is 0 Å². The lowest BCUT2D eigenvalue weighted by molar-refractivity contribution is -0.141. The number of aliphatic carboxylic acids is 1. The number of carboxylic acids is 1. The van der Waals surface area contributed by atoms with E-state index in [0.717, 1.165) is 5.56 Å². The fourth-order valence-corrected chi connectivity index (χ4v) is 4.41. The lowest BCUT2D eigenvalue weighted by Crippen LogP contribution is -2.58. The van der Waals surface area contributed by atoms with Crippen molar-refractivity contribution in [2.24, 2.45) is 17.3 Å². The van der Waals surface area contributed by atoms with Crippen LogP contribution in [0.3, 0.4) is 0 Å². The Hall–Kier alpha value is -2.63. The highest BCUT2D eigenvalue weighted by Gasteiger charge is 2.41. The number of nitrogens with zero attached hydrogens (tertiary/aromatic N) is 1. The Morgan fingerprint density at radius 2 is 1.59 bits per heavy atom. The van der Waals surface area contributed by atoms with Crippen molar-refractivity contribution < 1.29 is 19.5 Å². The molecule has 3 atom stereocenters. The standard InChI is InChI=1S/C28H44N2O4/c1-11-21(28(8,9)20-15-13-12-14-16-20)24(31)29-23(27(5,6)7)25(32)30(10)22(18(2)3)17-19(4)26(33)34/h12-18,21-23H,11H2,1-10H3,(H,29,31)(H,33,34)/t21?,22-,23-/m1/s1. The fourth-order valence-electron chi connectivity index (χ4n) is 4.41. The predicted octanol–water partition coefficient (Wildman–Crippen LogP) is 5.04. The molecule has 2 N–H and O–H groups in total. The zero-order chi connectivity index (χ0) is 26.4. The summed E-state index contributed by atoms with van der Waals surface area (Å²) in [6.45, 7) is 17.3. The van der Waals surface area contributed by atoms with E-state index in [1.54, 1.807) is 18.0 Å². The van der Waals surface area contributed by atoms with Gasteiger partial charge in [0.15, 0.2) is 0 Å². The minimum atomic E-state index is -1.01. The van der Waals surface area contributed by atoms with Crippen molar-refractivity contribution in [2.75, 3.05) is 7.05 Å². The van der Waals surface area contributed by atoms with Gasteiger partial charge < -0.3 is 15.3 Å². The van der Waals surface area contributed by atoms with Crippen molar-refractivity contribution >= 4 is 17.8 Å². The number of nitrogens with one attached hydrogen (secondary N) is 1. The van der Waals surface area contributed by atoms with Crippen molar-refractivity contribution in [3.05, 3.63) is 47.5 Å². The molecular weight excluding hydrogens is 428 g/mol. The maximum absolute atomic E-state index is 13.7. The SMILES string of the molecule is CCC(C(=O)N[C@H](C(=O)N(C)[C@H](C=C(C)C(=O)O)C(C)C)C(C)(C)C)C(C)(C)c1ccccc1. The second kappa shape index (κ2) is 11.7. The lowest BCUT2D eigenvalue weighted by Gasteiger charge is -2.39. The third kappa shape index (κ3) is 7.18. The van der Waals surface area contributed by atoms with Gasteiger partial charge in [0.05, 0.1) is 6.04 Å². The molecule has 0 fully saturated rings. The second-order valence-electron chi connectivity index (χ2n) is 11.2. The molecule has 1 rings (SSSR count). The predicted molar refractivity (Wildman–Crippen MR) is 137 cm³/mol. The molecule has 0 aliphatic rings. The zero-order valence-corrected chi connectivity index (χ0v) is 22.6. The quantitative estimate of drug-likeness (QED) is 0.467. The van der Waals surface area contributed by atoms with E-state index >= 15 is 0 Å². The number of hydrogen-bond donors (Lipinski definition) is 2. The summed E-state index contributed by atoms with van der Waals surface area (Å²) in [5, 5.41) is 12.4. The molecule has 0 aliphatic carbocycles. The zero-order valence-electron chi connectivity index (χ0n) is 22.6. The van der Waals surface area contributed by atoms with Crippen LogP contribution in [0.4, 0.5) is 0 Å². The number of hydrogen-bond acceptors (Lipinski definition) is 3. The number of carbonyl (C=O) groups is 3. The summed E-state index contributed by atoms with van der Waals surface area (Å²) in [6, 6.07) is 8.78. The Bertz CT molecular complexity index is 881. The highest BCUT2D eigenvalue weighted by Crippen LogP contribution is 2.34. The number of amides is 2.